The van der Waals surface area contributed by atoms with E-state index >= 15 is 8.78 Å². The summed E-state index contributed by atoms with van der Waals surface area (Å²) in [5.41, 5.74) is -6.62. The van der Waals surface area contributed by atoms with Crippen LogP contribution in [0.4, 0.5) is 8.78 Å². The number of carbonyl (C=O) groups is 4. The van der Waals surface area contributed by atoms with Crippen molar-refractivity contribution in [3.05, 3.63) is 23.8 Å². The van der Waals surface area contributed by atoms with Crippen LogP contribution in [0.15, 0.2) is 23.8 Å². The lowest BCUT2D eigenvalue weighted by atomic mass is 9.44. The maximum atomic E-state index is 17.9. The average Bonchev–Trinajstić information content (AvgIpc) is 3.08. The van der Waals surface area contributed by atoms with E-state index in [9.17, 15) is 19.2 Å². The lowest BCUT2D eigenvalue weighted by Crippen LogP contribution is -2.71. The number of carbonyl (C=O) groups excluding carboxylic acids is 4. The van der Waals surface area contributed by atoms with E-state index < -0.39 is 81.5 Å². The molecular formula is C28H35ClF2O6. The molecule has 0 aromatic carbocycles. The van der Waals surface area contributed by atoms with E-state index in [1.807, 2.05) is 0 Å². The largest absolute Gasteiger partial charge is 0.459 e. The Bertz CT molecular complexity index is 1090. The molecule has 4 aliphatic rings. The molecule has 3 saturated carbocycles. The highest BCUT2D eigenvalue weighted by Crippen LogP contribution is 2.72. The number of allylic oxidation sites excluding steroid dienone is 4. The Balaban J connectivity index is 1.95. The molecule has 3 fully saturated rings. The zero-order valence-corrected chi connectivity index (χ0v) is 22.7. The Morgan fingerprint density at radius 1 is 1.11 bits per heavy atom. The van der Waals surface area contributed by atoms with Crippen LogP contribution < -0.4 is 0 Å². The second-order valence-electron chi connectivity index (χ2n) is 11.4. The van der Waals surface area contributed by atoms with E-state index in [1.54, 1.807) is 34.6 Å². The van der Waals surface area contributed by atoms with Gasteiger partial charge in [-0.05, 0) is 49.8 Å². The van der Waals surface area contributed by atoms with Gasteiger partial charge in [-0.1, -0.05) is 33.8 Å². The third-order valence-electron chi connectivity index (χ3n) is 9.81. The van der Waals surface area contributed by atoms with Crippen molar-refractivity contribution in [2.75, 3.05) is 5.88 Å². The molecule has 6 nitrogen and oxygen atoms in total. The van der Waals surface area contributed by atoms with Gasteiger partial charge in [-0.15, -0.1) is 11.6 Å². The molecule has 0 aromatic rings. The number of Topliss-reactive ketones (excluding diaryl/α,β-unsaturated/α-hetero) is 1. The van der Waals surface area contributed by atoms with Crippen molar-refractivity contribution in [1.82, 2.24) is 0 Å². The number of fused-ring (bicyclic) bond motifs is 5. The first kappa shape index (κ1) is 27.9. The number of halogens is 3. The molecule has 0 bridgehead atoms. The summed E-state index contributed by atoms with van der Waals surface area (Å²) in [5.74, 6) is -4.66. The molecule has 4 aliphatic carbocycles. The van der Waals surface area contributed by atoms with Gasteiger partial charge in [0.2, 0.25) is 0 Å². The lowest BCUT2D eigenvalue weighted by molar-refractivity contribution is -0.238. The molecule has 204 valence electrons. The van der Waals surface area contributed by atoms with Crippen molar-refractivity contribution in [2.24, 2.45) is 28.6 Å². The van der Waals surface area contributed by atoms with Gasteiger partial charge in [0.15, 0.2) is 22.8 Å². The van der Waals surface area contributed by atoms with Crippen molar-refractivity contribution >= 4 is 35.1 Å². The molecule has 0 N–H and O–H groups in total. The molecular weight excluding hydrogens is 506 g/mol. The fourth-order valence-corrected chi connectivity index (χ4v) is 8.27. The maximum absolute atomic E-state index is 17.9. The third kappa shape index (κ3) is 3.60. The Labute approximate surface area is 221 Å². The third-order valence-corrected chi connectivity index (χ3v) is 10.0. The second-order valence-corrected chi connectivity index (χ2v) is 11.7. The topological polar surface area (TPSA) is 86.7 Å². The van der Waals surface area contributed by atoms with E-state index in [4.69, 9.17) is 21.1 Å². The lowest BCUT2D eigenvalue weighted by Gasteiger charge is -2.63. The SMILES string of the molecule is CCC(=O)OC1CC2(C)C(CC(C)[C@]2(OC(=O)CC)C(=O)CCl)C2C[C@H](F)C3=CC(=O)C=CC3(C)[C@@]12F. The molecule has 0 aromatic heterocycles. The number of rotatable bonds is 6. The molecule has 4 rings (SSSR count). The molecule has 0 spiro atoms. The van der Waals surface area contributed by atoms with Crippen LogP contribution in [-0.2, 0) is 28.7 Å². The van der Waals surface area contributed by atoms with Gasteiger partial charge < -0.3 is 9.47 Å². The highest BCUT2D eigenvalue weighted by molar-refractivity contribution is 6.29. The van der Waals surface area contributed by atoms with Crippen LogP contribution in [0.3, 0.4) is 0 Å². The van der Waals surface area contributed by atoms with Crippen LogP contribution in [-0.4, -0.2) is 52.9 Å². The van der Waals surface area contributed by atoms with Crippen LogP contribution in [0.2, 0.25) is 0 Å². The molecule has 0 saturated heterocycles. The monoisotopic (exact) mass is 540 g/mol. The first-order valence-electron chi connectivity index (χ1n) is 13.1. The fraction of sp³-hybridized carbons (Fsp3) is 0.714. The van der Waals surface area contributed by atoms with Crippen molar-refractivity contribution in [1.29, 1.82) is 0 Å². The highest BCUT2D eigenvalue weighted by atomic mass is 35.5. The minimum atomic E-state index is -2.26. The van der Waals surface area contributed by atoms with Crippen LogP contribution in [0.5, 0.6) is 0 Å². The van der Waals surface area contributed by atoms with E-state index in [0.717, 1.165) is 6.08 Å². The molecule has 9 atom stereocenters. The summed E-state index contributed by atoms with van der Waals surface area (Å²) in [4.78, 5) is 50.9. The molecule has 6 unspecified atom stereocenters. The summed E-state index contributed by atoms with van der Waals surface area (Å²) in [6.45, 7) is 8.27. The van der Waals surface area contributed by atoms with E-state index in [0.29, 0.717) is 6.42 Å². The van der Waals surface area contributed by atoms with Gasteiger partial charge in [-0.25, -0.2) is 8.78 Å². The van der Waals surface area contributed by atoms with Crippen LogP contribution in [0.25, 0.3) is 0 Å². The van der Waals surface area contributed by atoms with E-state index in [-0.39, 0.29) is 31.3 Å². The van der Waals surface area contributed by atoms with Gasteiger partial charge in [-0.3, -0.25) is 19.2 Å². The first-order chi connectivity index (χ1) is 17.3. The number of hydrogen-bond donors (Lipinski definition) is 0. The molecule has 37 heavy (non-hydrogen) atoms. The quantitative estimate of drug-likeness (QED) is 0.347. The Morgan fingerprint density at radius 2 is 1.76 bits per heavy atom. The predicted molar refractivity (Wildman–Crippen MR) is 132 cm³/mol. The zero-order chi connectivity index (χ0) is 27.6. The van der Waals surface area contributed by atoms with Gasteiger partial charge in [0.25, 0.3) is 0 Å². The summed E-state index contributed by atoms with van der Waals surface area (Å²) in [7, 11) is 0. The van der Waals surface area contributed by atoms with Gasteiger partial charge >= 0.3 is 11.9 Å². The normalized spacial score (nSPS) is 44.3. The Morgan fingerprint density at radius 3 is 2.35 bits per heavy atom. The molecule has 0 aliphatic heterocycles. The van der Waals surface area contributed by atoms with Gasteiger partial charge in [0, 0.05) is 35.5 Å². The fourth-order valence-electron chi connectivity index (χ4n) is 8.08. The van der Waals surface area contributed by atoms with Gasteiger partial charge in [0.1, 0.15) is 12.3 Å². The molecule has 0 amide bonds. The Kier molecular flexibility index (Phi) is 7.01. The number of hydrogen-bond acceptors (Lipinski definition) is 6. The number of ketones is 2. The highest BCUT2D eigenvalue weighted by Gasteiger charge is 2.78. The smallest absolute Gasteiger partial charge is 0.306 e. The summed E-state index contributed by atoms with van der Waals surface area (Å²) in [5, 5.41) is 0. The Hall–Kier alpha value is -2.09. The van der Waals surface area contributed by atoms with E-state index in [1.165, 1.54) is 12.2 Å². The average molecular weight is 541 g/mol. The van der Waals surface area contributed by atoms with Crippen LogP contribution in [0, 0.1) is 28.6 Å². The molecule has 0 heterocycles. The molecule has 0 radical (unpaired) electrons. The predicted octanol–water partition coefficient (Wildman–Crippen LogP) is 5.01. The number of alkyl halides is 3. The van der Waals surface area contributed by atoms with Crippen LogP contribution >= 0.6 is 11.6 Å². The zero-order valence-electron chi connectivity index (χ0n) is 21.9. The van der Waals surface area contributed by atoms with Gasteiger partial charge in [-0.2, -0.15) is 0 Å². The minimum absolute atomic E-state index is 0.0101. The number of esters is 2. The summed E-state index contributed by atoms with van der Waals surface area (Å²) in [6, 6.07) is 0. The summed E-state index contributed by atoms with van der Waals surface area (Å²) < 4.78 is 45.4. The maximum Gasteiger partial charge on any atom is 0.306 e. The van der Waals surface area contributed by atoms with Crippen LogP contribution in [0.1, 0.15) is 66.7 Å². The van der Waals surface area contributed by atoms with Crippen molar-refractivity contribution < 1.29 is 37.4 Å². The number of ether oxygens (including phenoxy) is 2. The van der Waals surface area contributed by atoms with E-state index in [2.05, 4.69) is 0 Å². The standard InChI is InChI=1S/C28H35ClF2O6/c1-6-23(34)36-22-13-26(5)17(10-15(3)28(26,21(33)14-29)37-24(35)7-2)18-12-20(30)19-11-16(32)8-9-25(19,4)27(18,22)31/h8-9,11,15,17-18,20,22H,6-7,10,12-14H2,1-5H3/t15?,17?,18?,20-,22?,25?,26?,27-,28-/m0/s1. The summed E-state index contributed by atoms with van der Waals surface area (Å²) >= 11 is 6.06. The van der Waals surface area contributed by atoms with Crippen molar-refractivity contribution in [3.8, 4) is 0 Å². The summed E-state index contributed by atoms with van der Waals surface area (Å²) in [6.07, 6.45) is 0.724. The first-order valence-corrected chi connectivity index (χ1v) is 13.6. The van der Waals surface area contributed by atoms with Crippen molar-refractivity contribution in [2.45, 2.75) is 90.3 Å². The molecule has 9 heteroatoms. The second kappa shape index (κ2) is 9.28. The minimum Gasteiger partial charge on any atom is -0.459 e. The van der Waals surface area contributed by atoms with Gasteiger partial charge in [0.05, 0.1) is 5.88 Å². The van der Waals surface area contributed by atoms with Crippen molar-refractivity contribution in [3.63, 3.8) is 0 Å².